The van der Waals surface area contributed by atoms with Gasteiger partial charge in [-0.2, -0.15) is 5.26 Å². The van der Waals surface area contributed by atoms with Crippen LogP contribution in [0.1, 0.15) is 42.4 Å². The van der Waals surface area contributed by atoms with Crippen molar-refractivity contribution in [3.05, 3.63) is 47.2 Å². The van der Waals surface area contributed by atoms with Crippen LogP contribution in [0.2, 0.25) is 0 Å². The number of aromatic nitrogens is 1. The minimum atomic E-state index is -0.677. The smallest absolute Gasteiger partial charge is 0.410 e. The molecule has 0 spiro atoms. The van der Waals surface area contributed by atoms with Gasteiger partial charge in [-0.3, -0.25) is 4.79 Å². The third-order valence-corrected chi connectivity index (χ3v) is 4.36. The number of primary amides is 1. The van der Waals surface area contributed by atoms with E-state index in [1.54, 1.807) is 20.8 Å². The highest BCUT2D eigenvalue weighted by atomic mass is 16.6. The molecule has 3 rings (SSSR count). The molecule has 2 heterocycles. The molecule has 1 aromatic carbocycles. The van der Waals surface area contributed by atoms with Gasteiger partial charge in [0, 0.05) is 13.1 Å². The van der Waals surface area contributed by atoms with Gasteiger partial charge in [0.1, 0.15) is 11.7 Å². The van der Waals surface area contributed by atoms with E-state index in [1.165, 1.54) is 4.90 Å². The van der Waals surface area contributed by atoms with Crippen LogP contribution in [0.3, 0.4) is 0 Å². The van der Waals surface area contributed by atoms with Gasteiger partial charge in [0.25, 0.3) is 5.91 Å². The van der Waals surface area contributed by atoms with E-state index < -0.39 is 17.6 Å². The number of ether oxygens (including phenoxy) is 1. The lowest BCUT2D eigenvalue weighted by Crippen LogP contribution is -2.42. The molecule has 0 fully saturated rings. The second-order valence-electron chi connectivity index (χ2n) is 7.44. The van der Waals surface area contributed by atoms with E-state index in [2.05, 4.69) is 6.07 Å². The van der Waals surface area contributed by atoms with Crippen molar-refractivity contribution in [3.63, 3.8) is 0 Å². The minimum absolute atomic E-state index is 0.161. The summed E-state index contributed by atoms with van der Waals surface area (Å²) in [6.07, 6.45) is -0.454. The number of hydrogen-bond donors (Lipinski definition) is 1. The second-order valence-corrected chi connectivity index (χ2v) is 7.44. The maximum atomic E-state index is 12.4. The normalized spacial score (nSPS) is 13.6. The summed E-state index contributed by atoms with van der Waals surface area (Å²) in [5, 5.41) is 9.71. The summed E-state index contributed by atoms with van der Waals surface area (Å²) < 4.78 is 7.35. The van der Waals surface area contributed by atoms with Crippen LogP contribution in [-0.2, 0) is 17.8 Å². The zero-order chi connectivity index (χ0) is 19.8. The van der Waals surface area contributed by atoms with Crippen molar-refractivity contribution in [2.45, 2.75) is 39.5 Å². The predicted molar refractivity (Wildman–Crippen MR) is 99.7 cm³/mol. The minimum Gasteiger partial charge on any atom is -0.444 e. The van der Waals surface area contributed by atoms with Gasteiger partial charge in [0.05, 0.1) is 29.1 Å². The summed E-state index contributed by atoms with van der Waals surface area (Å²) in [6, 6.07) is 11.5. The molecule has 140 valence electrons. The molecule has 1 aliphatic rings. The molecule has 0 saturated carbocycles. The number of fused-ring (bicyclic) bond motifs is 1. The van der Waals surface area contributed by atoms with E-state index in [0.717, 1.165) is 5.56 Å². The van der Waals surface area contributed by atoms with E-state index in [-0.39, 0.29) is 17.7 Å². The molecular formula is C20H22N4O3. The Kier molecular flexibility index (Phi) is 4.66. The average molecular weight is 366 g/mol. The molecule has 27 heavy (non-hydrogen) atoms. The predicted octanol–water partition coefficient (Wildman–Crippen LogP) is 2.88. The molecule has 0 aliphatic carbocycles. The van der Waals surface area contributed by atoms with Crippen molar-refractivity contribution in [3.8, 4) is 17.3 Å². The Balaban J connectivity index is 2.09. The Morgan fingerprint density at radius 3 is 2.41 bits per heavy atom. The van der Waals surface area contributed by atoms with Gasteiger partial charge < -0.3 is 19.9 Å². The Bertz CT molecular complexity index is 933. The molecule has 0 radical (unpaired) electrons. The lowest BCUT2D eigenvalue weighted by atomic mass is 10.0. The van der Waals surface area contributed by atoms with Crippen molar-refractivity contribution in [2.75, 3.05) is 6.54 Å². The van der Waals surface area contributed by atoms with Crippen LogP contribution in [0, 0.1) is 11.3 Å². The van der Waals surface area contributed by atoms with Crippen molar-refractivity contribution < 1.29 is 14.3 Å². The first-order chi connectivity index (χ1) is 12.7. The zero-order valence-electron chi connectivity index (χ0n) is 15.7. The number of benzene rings is 1. The van der Waals surface area contributed by atoms with Crippen molar-refractivity contribution in [2.24, 2.45) is 5.73 Å². The number of carbonyl (C=O) groups is 2. The summed E-state index contributed by atoms with van der Waals surface area (Å²) in [6.45, 7) is 6.42. The van der Waals surface area contributed by atoms with Gasteiger partial charge in [0.2, 0.25) is 0 Å². The molecule has 1 aromatic heterocycles. The lowest BCUT2D eigenvalue weighted by Gasteiger charge is -2.32. The average Bonchev–Trinajstić information content (AvgIpc) is 2.94. The van der Waals surface area contributed by atoms with Gasteiger partial charge in [-0.25, -0.2) is 4.79 Å². The van der Waals surface area contributed by atoms with E-state index in [9.17, 15) is 14.9 Å². The van der Waals surface area contributed by atoms with E-state index in [0.29, 0.717) is 24.5 Å². The van der Waals surface area contributed by atoms with Crippen molar-refractivity contribution in [1.29, 1.82) is 5.26 Å². The van der Waals surface area contributed by atoms with Crippen LogP contribution in [0.15, 0.2) is 30.3 Å². The molecule has 7 nitrogen and oxygen atoms in total. The topological polar surface area (TPSA) is 101 Å². The maximum Gasteiger partial charge on any atom is 0.410 e. The summed E-state index contributed by atoms with van der Waals surface area (Å²) in [4.78, 5) is 26.1. The number of rotatable bonds is 2. The van der Waals surface area contributed by atoms with Crippen LogP contribution in [0.4, 0.5) is 4.79 Å². The zero-order valence-corrected chi connectivity index (χ0v) is 15.7. The third kappa shape index (κ3) is 3.51. The molecule has 0 atom stereocenters. The fraction of sp³-hybridized carbons (Fsp3) is 0.350. The standard InChI is InChI=1S/C20H22N4O3/c1-20(2,3)27-19(26)23-9-10-24-15(12-23)16(18(22)25)14(11-21)17(24)13-7-5-4-6-8-13/h4-8H,9-10,12H2,1-3H3,(H2,22,25). The van der Waals surface area contributed by atoms with Gasteiger partial charge in [-0.1, -0.05) is 30.3 Å². The number of amides is 2. The first-order valence-electron chi connectivity index (χ1n) is 8.71. The molecule has 0 saturated heterocycles. The van der Waals surface area contributed by atoms with Gasteiger partial charge in [0.15, 0.2) is 0 Å². The molecule has 2 N–H and O–H groups in total. The lowest BCUT2D eigenvalue weighted by molar-refractivity contribution is 0.0198. The van der Waals surface area contributed by atoms with E-state index >= 15 is 0 Å². The summed E-state index contributed by atoms with van der Waals surface area (Å²) in [7, 11) is 0. The maximum absolute atomic E-state index is 12.4. The third-order valence-electron chi connectivity index (χ3n) is 4.36. The highest BCUT2D eigenvalue weighted by Crippen LogP contribution is 2.34. The first kappa shape index (κ1) is 18.5. The second kappa shape index (κ2) is 6.80. The van der Waals surface area contributed by atoms with Crippen molar-refractivity contribution >= 4 is 12.0 Å². The van der Waals surface area contributed by atoms with Crippen molar-refractivity contribution in [1.82, 2.24) is 9.47 Å². The SMILES string of the molecule is CC(C)(C)OC(=O)N1CCn2c(c(C(N)=O)c(C#N)c2-c2ccccc2)C1. The summed E-state index contributed by atoms with van der Waals surface area (Å²) in [5.41, 5.74) is 7.44. The molecule has 2 amide bonds. The Hall–Kier alpha value is -3.27. The van der Waals surface area contributed by atoms with Crippen LogP contribution >= 0.6 is 0 Å². The fourth-order valence-electron chi connectivity index (χ4n) is 3.31. The largest absolute Gasteiger partial charge is 0.444 e. The number of nitrogens with zero attached hydrogens (tertiary/aromatic N) is 3. The Labute approximate surface area is 157 Å². The number of nitriles is 1. The highest BCUT2D eigenvalue weighted by molar-refractivity contribution is 5.99. The van der Waals surface area contributed by atoms with Gasteiger partial charge >= 0.3 is 6.09 Å². The van der Waals surface area contributed by atoms with Gasteiger partial charge in [-0.05, 0) is 26.3 Å². The summed E-state index contributed by atoms with van der Waals surface area (Å²) >= 11 is 0. The summed E-state index contributed by atoms with van der Waals surface area (Å²) in [5.74, 6) is -0.677. The van der Waals surface area contributed by atoms with Crippen LogP contribution < -0.4 is 5.73 Å². The first-order valence-corrected chi connectivity index (χ1v) is 8.71. The Morgan fingerprint density at radius 1 is 1.19 bits per heavy atom. The number of nitrogens with two attached hydrogens (primary N) is 1. The van der Waals surface area contributed by atoms with Crippen LogP contribution in [0.25, 0.3) is 11.3 Å². The van der Waals surface area contributed by atoms with Crippen LogP contribution in [-0.4, -0.2) is 33.6 Å². The molecule has 7 heteroatoms. The number of hydrogen-bond acceptors (Lipinski definition) is 4. The molecule has 1 aliphatic heterocycles. The fourth-order valence-corrected chi connectivity index (χ4v) is 3.31. The van der Waals surface area contributed by atoms with E-state index in [1.807, 2.05) is 34.9 Å². The highest BCUT2D eigenvalue weighted by Gasteiger charge is 2.33. The number of carbonyl (C=O) groups excluding carboxylic acids is 2. The quantitative estimate of drug-likeness (QED) is 0.883. The monoisotopic (exact) mass is 366 g/mol. The van der Waals surface area contributed by atoms with E-state index in [4.69, 9.17) is 10.5 Å². The molecule has 2 aromatic rings. The molecule has 0 bridgehead atoms. The molecule has 0 unspecified atom stereocenters. The Morgan fingerprint density at radius 2 is 1.85 bits per heavy atom. The van der Waals surface area contributed by atoms with Gasteiger partial charge in [-0.15, -0.1) is 0 Å². The van der Waals surface area contributed by atoms with Crippen LogP contribution in [0.5, 0.6) is 0 Å². The molecular weight excluding hydrogens is 344 g/mol.